The van der Waals surface area contributed by atoms with Gasteiger partial charge in [-0.25, -0.2) is 8.78 Å². The second-order valence-corrected chi connectivity index (χ2v) is 3.36. The summed E-state index contributed by atoms with van der Waals surface area (Å²) in [6.45, 7) is 1.41. The Kier molecular flexibility index (Phi) is 3.41. The molecule has 76 valence electrons. The second kappa shape index (κ2) is 4.37. The molecule has 0 saturated carbocycles. The molecule has 1 aromatic rings. The number of hydrogen-bond acceptors (Lipinski definition) is 1. The van der Waals surface area contributed by atoms with Crippen LogP contribution in [0.15, 0.2) is 18.2 Å². The van der Waals surface area contributed by atoms with Crippen LogP contribution in [-0.4, -0.2) is 11.3 Å². The Balaban J connectivity index is 2.91. The van der Waals surface area contributed by atoms with Gasteiger partial charge in [0, 0.05) is 0 Å². The molecule has 5 heteroatoms. The summed E-state index contributed by atoms with van der Waals surface area (Å²) in [5.74, 6) is -2.29. The number of carbonyl (C=O) groups is 1. The zero-order valence-corrected chi connectivity index (χ0v) is 8.11. The average molecular weight is 220 g/mol. The monoisotopic (exact) mass is 219 g/mol. The van der Waals surface area contributed by atoms with Gasteiger partial charge in [0.05, 0.1) is 0 Å². The number of para-hydroxylation sites is 1. The van der Waals surface area contributed by atoms with E-state index in [2.05, 4.69) is 5.32 Å². The Morgan fingerprint density at radius 2 is 1.93 bits per heavy atom. The molecule has 0 bridgehead atoms. The average Bonchev–Trinajstić information content (AvgIpc) is 2.11. The van der Waals surface area contributed by atoms with Crippen molar-refractivity contribution in [3.8, 4) is 0 Å². The maximum absolute atomic E-state index is 13.0. The van der Waals surface area contributed by atoms with Crippen LogP contribution in [-0.2, 0) is 4.79 Å². The topological polar surface area (TPSA) is 29.1 Å². The van der Waals surface area contributed by atoms with E-state index in [4.69, 9.17) is 11.6 Å². The van der Waals surface area contributed by atoms with E-state index in [1.165, 1.54) is 13.0 Å². The van der Waals surface area contributed by atoms with E-state index in [0.717, 1.165) is 12.1 Å². The van der Waals surface area contributed by atoms with Crippen LogP contribution in [0.3, 0.4) is 0 Å². The number of amides is 1. The molecule has 1 aromatic carbocycles. The Morgan fingerprint density at radius 3 is 2.36 bits per heavy atom. The highest BCUT2D eigenvalue weighted by Crippen LogP contribution is 2.18. The molecule has 0 aromatic heterocycles. The van der Waals surface area contributed by atoms with E-state index in [1.54, 1.807) is 0 Å². The lowest BCUT2D eigenvalue weighted by atomic mass is 10.3. The maximum Gasteiger partial charge on any atom is 0.242 e. The van der Waals surface area contributed by atoms with Crippen molar-refractivity contribution >= 4 is 23.2 Å². The lowest BCUT2D eigenvalue weighted by molar-refractivity contribution is -0.115. The Hall–Kier alpha value is -1.16. The molecule has 0 aliphatic carbocycles. The third kappa shape index (κ3) is 2.42. The van der Waals surface area contributed by atoms with Gasteiger partial charge < -0.3 is 5.32 Å². The van der Waals surface area contributed by atoms with Crippen LogP contribution in [0.1, 0.15) is 6.92 Å². The number of hydrogen-bond donors (Lipinski definition) is 1. The molecule has 0 fully saturated rings. The molecule has 0 spiro atoms. The SMILES string of the molecule is C[C@@H](Cl)C(=O)Nc1c(F)cccc1F. The van der Waals surface area contributed by atoms with Crippen molar-refractivity contribution in [2.75, 3.05) is 5.32 Å². The van der Waals surface area contributed by atoms with Crippen LogP contribution in [0.5, 0.6) is 0 Å². The van der Waals surface area contributed by atoms with Gasteiger partial charge in [-0.1, -0.05) is 6.07 Å². The molecule has 1 atom stereocenters. The summed E-state index contributed by atoms with van der Waals surface area (Å²) in [6.07, 6.45) is 0. The van der Waals surface area contributed by atoms with Crippen molar-refractivity contribution in [2.24, 2.45) is 0 Å². The van der Waals surface area contributed by atoms with Crippen molar-refractivity contribution in [1.29, 1.82) is 0 Å². The normalized spacial score (nSPS) is 12.3. The summed E-state index contributed by atoms with van der Waals surface area (Å²) in [4.78, 5) is 11.0. The van der Waals surface area contributed by atoms with E-state index < -0.39 is 28.6 Å². The first-order valence-corrected chi connectivity index (χ1v) is 4.35. The molecule has 1 amide bonds. The fourth-order valence-corrected chi connectivity index (χ4v) is 0.894. The zero-order chi connectivity index (χ0) is 10.7. The highest BCUT2D eigenvalue weighted by Gasteiger charge is 2.14. The summed E-state index contributed by atoms with van der Waals surface area (Å²) in [5, 5.41) is 1.22. The molecule has 0 unspecified atom stereocenters. The van der Waals surface area contributed by atoms with Crippen molar-refractivity contribution in [2.45, 2.75) is 12.3 Å². The molecule has 1 N–H and O–H groups in total. The lowest BCUT2D eigenvalue weighted by Crippen LogP contribution is -2.21. The van der Waals surface area contributed by atoms with Crippen LogP contribution in [0.2, 0.25) is 0 Å². The van der Waals surface area contributed by atoms with Gasteiger partial charge in [-0.15, -0.1) is 11.6 Å². The first-order chi connectivity index (χ1) is 6.52. The second-order valence-electron chi connectivity index (χ2n) is 2.70. The standard InChI is InChI=1S/C9H8ClF2NO/c1-5(10)9(14)13-8-6(11)3-2-4-7(8)12/h2-5H,1H3,(H,13,14)/t5-/m1/s1. The number of benzene rings is 1. The largest absolute Gasteiger partial charge is 0.320 e. The van der Waals surface area contributed by atoms with Crippen LogP contribution < -0.4 is 5.32 Å². The van der Waals surface area contributed by atoms with Gasteiger partial charge in [-0.3, -0.25) is 4.79 Å². The van der Waals surface area contributed by atoms with Gasteiger partial charge in [0.15, 0.2) is 0 Å². The van der Waals surface area contributed by atoms with Gasteiger partial charge in [-0.05, 0) is 19.1 Å². The van der Waals surface area contributed by atoms with E-state index in [-0.39, 0.29) is 0 Å². The van der Waals surface area contributed by atoms with Crippen LogP contribution in [0.4, 0.5) is 14.5 Å². The maximum atomic E-state index is 13.0. The number of nitrogens with one attached hydrogen (secondary N) is 1. The highest BCUT2D eigenvalue weighted by atomic mass is 35.5. The minimum Gasteiger partial charge on any atom is -0.320 e. The van der Waals surface area contributed by atoms with Gasteiger partial charge >= 0.3 is 0 Å². The number of rotatable bonds is 2. The van der Waals surface area contributed by atoms with Crippen molar-refractivity contribution in [1.82, 2.24) is 0 Å². The minimum atomic E-state index is -0.839. The summed E-state index contributed by atoms with van der Waals surface area (Å²) in [7, 11) is 0. The van der Waals surface area contributed by atoms with E-state index in [1.807, 2.05) is 0 Å². The Labute approximate surface area is 84.9 Å². The number of carbonyl (C=O) groups excluding carboxylic acids is 1. The molecule has 1 rings (SSSR count). The van der Waals surface area contributed by atoms with Crippen molar-refractivity contribution in [3.63, 3.8) is 0 Å². The molecule has 2 nitrogen and oxygen atoms in total. The van der Waals surface area contributed by atoms with Crippen LogP contribution in [0.25, 0.3) is 0 Å². The van der Waals surface area contributed by atoms with Gasteiger partial charge in [-0.2, -0.15) is 0 Å². The fraction of sp³-hybridized carbons (Fsp3) is 0.222. The highest BCUT2D eigenvalue weighted by molar-refractivity contribution is 6.32. The molecule has 0 saturated heterocycles. The molecular formula is C9H8ClF2NO. The van der Waals surface area contributed by atoms with Crippen molar-refractivity contribution in [3.05, 3.63) is 29.8 Å². The first-order valence-electron chi connectivity index (χ1n) is 3.91. The summed E-state index contributed by atoms with van der Waals surface area (Å²) in [5.41, 5.74) is -0.468. The van der Waals surface area contributed by atoms with Crippen LogP contribution in [0, 0.1) is 11.6 Å². The molecule has 0 heterocycles. The van der Waals surface area contributed by atoms with Gasteiger partial charge in [0.2, 0.25) is 5.91 Å². The summed E-state index contributed by atoms with van der Waals surface area (Å²) >= 11 is 5.43. The summed E-state index contributed by atoms with van der Waals surface area (Å²) < 4.78 is 26.0. The molecule has 0 aliphatic rings. The third-order valence-corrected chi connectivity index (χ3v) is 1.77. The Bertz CT molecular complexity index is 334. The predicted octanol–water partition coefficient (Wildman–Crippen LogP) is 2.53. The fourth-order valence-electron chi connectivity index (χ4n) is 0.840. The van der Waals surface area contributed by atoms with E-state index in [9.17, 15) is 13.6 Å². The van der Waals surface area contributed by atoms with Gasteiger partial charge in [0.1, 0.15) is 22.7 Å². The number of anilines is 1. The smallest absolute Gasteiger partial charge is 0.242 e. The first kappa shape index (κ1) is 10.9. The molecule has 0 radical (unpaired) electrons. The predicted molar refractivity (Wildman–Crippen MR) is 50.3 cm³/mol. The minimum absolute atomic E-state index is 0.468. The quantitative estimate of drug-likeness (QED) is 0.761. The molecular weight excluding hydrogens is 212 g/mol. The van der Waals surface area contributed by atoms with E-state index >= 15 is 0 Å². The molecule has 14 heavy (non-hydrogen) atoms. The van der Waals surface area contributed by atoms with Crippen molar-refractivity contribution < 1.29 is 13.6 Å². The summed E-state index contributed by atoms with van der Waals surface area (Å²) in [6, 6.07) is 3.32. The van der Waals surface area contributed by atoms with Gasteiger partial charge in [0.25, 0.3) is 0 Å². The number of halogens is 3. The third-order valence-electron chi connectivity index (χ3n) is 1.57. The van der Waals surface area contributed by atoms with Crippen LogP contribution >= 0.6 is 11.6 Å². The Morgan fingerprint density at radius 1 is 1.43 bits per heavy atom. The lowest BCUT2D eigenvalue weighted by Gasteiger charge is -2.07. The number of alkyl halides is 1. The molecule has 0 aliphatic heterocycles. The zero-order valence-electron chi connectivity index (χ0n) is 7.35. The van der Waals surface area contributed by atoms with E-state index in [0.29, 0.717) is 0 Å².